The molecule has 3 heterocycles. The molecule has 214 valence electrons. The average Bonchev–Trinajstić information content (AvgIpc) is 3.69. The maximum Gasteiger partial charge on any atom is 0.178 e. The molecule has 0 radical (unpaired) electrons. The first-order valence-electron chi connectivity index (χ1n) is 15.3. The van der Waals surface area contributed by atoms with Crippen molar-refractivity contribution in [2.24, 2.45) is 0 Å². The number of furan rings is 2. The SMILES string of the molecule is c1ccc2cc(-c3nc(-c4ccc5ccccc5c4)nc(-c4ccc5oc6c(ccc7c8ccccc8oc76)c5c4)n3)ccc2c1. The second kappa shape index (κ2) is 9.58. The van der Waals surface area contributed by atoms with E-state index in [1.54, 1.807) is 0 Å². The fourth-order valence-corrected chi connectivity index (χ4v) is 6.58. The van der Waals surface area contributed by atoms with E-state index < -0.39 is 0 Å². The number of fused-ring (bicyclic) bond motifs is 9. The lowest BCUT2D eigenvalue weighted by Gasteiger charge is -2.10. The largest absolute Gasteiger partial charge is 0.452 e. The van der Waals surface area contributed by atoms with Crippen molar-refractivity contribution in [2.75, 3.05) is 0 Å². The fraction of sp³-hybridized carbons (Fsp3) is 0. The molecule has 0 unspecified atom stereocenters. The number of hydrogen-bond acceptors (Lipinski definition) is 5. The van der Waals surface area contributed by atoms with Gasteiger partial charge in [0.2, 0.25) is 0 Å². The zero-order valence-corrected chi connectivity index (χ0v) is 24.4. The van der Waals surface area contributed by atoms with Crippen molar-refractivity contribution < 1.29 is 8.83 Å². The van der Waals surface area contributed by atoms with Crippen LogP contribution in [0.15, 0.2) is 148 Å². The summed E-state index contributed by atoms with van der Waals surface area (Å²) in [6, 6.07) is 47.8. The highest BCUT2D eigenvalue weighted by atomic mass is 16.4. The molecular weight excluding hydrogens is 566 g/mol. The molecule has 0 N–H and O–H groups in total. The first-order chi connectivity index (χ1) is 22.7. The van der Waals surface area contributed by atoms with Gasteiger partial charge in [0.25, 0.3) is 0 Å². The van der Waals surface area contributed by atoms with Gasteiger partial charge < -0.3 is 8.83 Å². The van der Waals surface area contributed by atoms with E-state index in [2.05, 4.69) is 109 Å². The lowest BCUT2D eigenvalue weighted by molar-refractivity contribution is 0.633. The number of para-hydroxylation sites is 1. The summed E-state index contributed by atoms with van der Waals surface area (Å²) >= 11 is 0. The Bertz CT molecular complexity index is 2730. The van der Waals surface area contributed by atoms with E-state index >= 15 is 0 Å². The van der Waals surface area contributed by atoms with Crippen LogP contribution in [0, 0.1) is 0 Å². The molecule has 0 saturated carbocycles. The molecule has 0 saturated heterocycles. The summed E-state index contributed by atoms with van der Waals surface area (Å²) in [4.78, 5) is 15.1. The summed E-state index contributed by atoms with van der Waals surface area (Å²) in [6.07, 6.45) is 0. The van der Waals surface area contributed by atoms with Crippen LogP contribution in [0.2, 0.25) is 0 Å². The standard InChI is InChI=1S/C41H23N3O2/c1-3-9-26-21-28(15-13-24(26)7-1)39-42-40(29-16-14-25-8-2-4-10-27(25)22-29)44-41(43-39)30-17-20-36-34(23-30)33-19-18-32-31-11-5-6-12-35(31)45-37(32)38(33)46-36/h1-23H. The zero-order chi connectivity index (χ0) is 30.2. The van der Waals surface area contributed by atoms with Gasteiger partial charge in [-0.1, -0.05) is 91.0 Å². The van der Waals surface area contributed by atoms with E-state index in [4.69, 9.17) is 23.8 Å². The predicted molar refractivity (Wildman–Crippen MR) is 186 cm³/mol. The van der Waals surface area contributed by atoms with Crippen LogP contribution in [0.1, 0.15) is 0 Å². The molecule has 0 atom stereocenters. The van der Waals surface area contributed by atoms with Crippen LogP contribution in [-0.2, 0) is 0 Å². The van der Waals surface area contributed by atoms with Crippen LogP contribution < -0.4 is 0 Å². The summed E-state index contributed by atoms with van der Waals surface area (Å²) in [7, 11) is 0. The molecule has 0 bridgehead atoms. The number of benzene rings is 7. The zero-order valence-electron chi connectivity index (χ0n) is 24.4. The minimum Gasteiger partial charge on any atom is -0.452 e. The van der Waals surface area contributed by atoms with Crippen molar-refractivity contribution in [1.82, 2.24) is 15.0 Å². The lowest BCUT2D eigenvalue weighted by Crippen LogP contribution is -2.00. The molecule has 0 aliphatic heterocycles. The molecule has 0 amide bonds. The first-order valence-corrected chi connectivity index (χ1v) is 15.3. The molecule has 3 aromatic heterocycles. The van der Waals surface area contributed by atoms with Crippen LogP contribution in [-0.4, -0.2) is 15.0 Å². The molecule has 0 fully saturated rings. The van der Waals surface area contributed by atoms with E-state index in [9.17, 15) is 0 Å². The van der Waals surface area contributed by atoms with Crippen molar-refractivity contribution in [2.45, 2.75) is 0 Å². The second-order valence-electron chi connectivity index (χ2n) is 11.7. The topological polar surface area (TPSA) is 65.0 Å². The molecule has 46 heavy (non-hydrogen) atoms. The molecule has 7 aromatic carbocycles. The summed E-state index contributed by atoms with van der Waals surface area (Å²) in [5.41, 5.74) is 5.88. The van der Waals surface area contributed by atoms with E-state index in [0.29, 0.717) is 17.5 Å². The number of hydrogen-bond donors (Lipinski definition) is 0. The van der Waals surface area contributed by atoms with E-state index in [1.165, 1.54) is 10.8 Å². The average molecular weight is 590 g/mol. The maximum absolute atomic E-state index is 6.41. The Hall–Kier alpha value is -6.33. The van der Waals surface area contributed by atoms with Crippen LogP contribution in [0.5, 0.6) is 0 Å². The maximum atomic E-state index is 6.41. The van der Waals surface area contributed by atoms with Crippen LogP contribution in [0.25, 0.3) is 99.6 Å². The third-order valence-corrected chi connectivity index (χ3v) is 8.89. The third-order valence-electron chi connectivity index (χ3n) is 8.89. The van der Waals surface area contributed by atoms with Gasteiger partial charge in [0.05, 0.1) is 0 Å². The summed E-state index contributed by atoms with van der Waals surface area (Å²) < 4.78 is 12.7. The highest BCUT2D eigenvalue weighted by Crippen LogP contribution is 2.39. The summed E-state index contributed by atoms with van der Waals surface area (Å²) in [5.74, 6) is 1.85. The van der Waals surface area contributed by atoms with Gasteiger partial charge >= 0.3 is 0 Å². The monoisotopic (exact) mass is 589 g/mol. The van der Waals surface area contributed by atoms with Gasteiger partial charge in [-0.25, -0.2) is 15.0 Å². The quantitative estimate of drug-likeness (QED) is 0.205. The van der Waals surface area contributed by atoms with Gasteiger partial charge in [0, 0.05) is 38.2 Å². The Morgan fingerprint density at radius 2 is 0.783 bits per heavy atom. The van der Waals surface area contributed by atoms with E-state index in [1.807, 2.05) is 30.3 Å². The third kappa shape index (κ3) is 3.85. The van der Waals surface area contributed by atoms with Gasteiger partial charge in [-0.3, -0.25) is 0 Å². The molecule has 5 nitrogen and oxygen atoms in total. The number of aromatic nitrogens is 3. The second-order valence-corrected chi connectivity index (χ2v) is 11.7. The van der Waals surface area contributed by atoms with E-state index in [-0.39, 0.29) is 0 Å². The smallest absolute Gasteiger partial charge is 0.178 e. The fourth-order valence-electron chi connectivity index (χ4n) is 6.58. The van der Waals surface area contributed by atoms with Crippen LogP contribution in [0.4, 0.5) is 0 Å². The van der Waals surface area contributed by atoms with Gasteiger partial charge in [0.1, 0.15) is 11.2 Å². The minimum atomic E-state index is 0.599. The van der Waals surface area contributed by atoms with Gasteiger partial charge in [-0.15, -0.1) is 0 Å². The molecule has 10 rings (SSSR count). The molecule has 10 aromatic rings. The number of rotatable bonds is 3. The molecule has 0 spiro atoms. The highest BCUT2D eigenvalue weighted by Gasteiger charge is 2.18. The Balaban J connectivity index is 1.18. The van der Waals surface area contributed by atoms with Crippen LogP contribution in [0.3, 0.4) is 0 Å². The predicted octanol–water partition coefficient (Wildman–Crippen LogP) is 11.0. The Labute approximate surface area is 262 Å². The van der Waals surface area contributed by atoms with Crippen molar-refractivity contribution in [3.05, 3.63) is 140 Å². The first kappa shape index (κ1) is 25.0. The van der Waals surface area contributed by atoms with Crippen molar-refractivity contribution >= 4 is 65.4 Å². The lowest BCUT2D eigenvalue weighted by atomic mass is 10.0. The van der Waals surface area contributed by atoms with Crippen molar-refractivity contribution in [1.29, 1.82) is 0 Å². The van der Waals surface area contributed by atoms with Crippen LogP contribution >= 0.6 is 0 Å². The van der Waals surface area contributed by atoms with Gasteiger partial charge in [0.15, 0.2) is 28.6 Å². The van der Waals surface area contributed by atoms with E-state index in [0.717, 1.165) is 71.3 Å². The van der Waals surface area contributed by atoms with Crippen molar-refractivity contribution in [3.8, 4) is 34.2 Å². The molecule has 0 aliphatic rings. The molecule has 5 heteroatoms. The molecule has 0 aliphatic carbocycles. The highest BCUT2D eigenvalue weighted by molar-refractivity contribution is 6.19. The van der Waals surface area contributed by atoms with Gasteiger partial charge in [-0.2, -0.15) is 0 Å². The molecular formula is C41H23N3O2. The van der Waals surface area contributed by atoms with Crippen molar-refractivity contribution in [3.63, 3.8) is 0 Å². The Kier molecular flexibility index (Phi) is 5.22. The number of nitrogens with zero attached hydrogens (tertiary/aromatic N) is 3. The van der Waals surface area contributed by atoms with Gasteiger partial charge in [-0.05, 0) is 70.1 Å². The minimum absolute atomic E-state index is 0.599. The summed E-state index contributed by atoms with van der Waals surface area (Å²) in [6.45, 7) is 0. The Morgan fingerprint density at radius 1 is 0.326 bits per heavy atom. The Morgan fingerprint density at radius 3 is 1.39 bits per heavy atom. The normalized spacial score (nSPS) is 11.9. The summed E-state index contributed by atoms with van der Waals surface area (Å²) in [5, 5.41) is 8.71.